The van der Waals surface area contributed by atoms with Gasteiger partial charge in [0, 0.05) is 13.1 Å². The van der Waals surface area contributed by atoms with Gasteiger partial charge in [-0.3, -0.25) is 4.90 Å². The van der Waals surface area contributed by atoms with Gasteiger partial charge in [-0.25, -0.2) is 0 Å². The van der Waals surface area contributed by atoms with Gasteiger partial charge in [0.2, 0.25) is 0 Å². The van der Waals surface area contributed by atoms with Crippen LogP contribution in [0.1, 0.15) is 31.3 Å². The van der Waals surface area contributed by atoms with Crippen molar-refractivity contribution in [3.63, 3.8) is 0 Å². The lowest BCUT2D eigenvalue weighted by Gasteiger charge is -2.19. The van der Waals surface area contributed by atoms with E-state index in [-0.39, 0.29) is 0 Å². The topological polar surface area (TPSA) is 31.6 Å². The van der Waals surface area contributed by atoms with Crippen LogP contribution in [0, 0.1) is 5.92 Å². The van der Waals surface area contributed by atoms with E-state index in [1.165, 1.54) is 19.5 Å². The molecule has 4 nitrogen and oxygen atoms in total. The fraction of sp³-hybridized carbons (Fsp3) is 0.750. The lowest BCUT2D eigenvalue weighted by atomic mass is 10.1. The minimum Gasteiger partial charge on any atom is -0.463 e. The van der Waals surface area contributed by atoms with Gasteiger partial charge in [-0.2, -0.15) is 0 Å². The normalized spacial score (nSPS) is 20.1. The Morgan fingerprint density at radius 3 is 2.90 bits per heavy atom. The lowest BCUT2D eigenvalue weighted by molar-refractivity contribution is 0.246. The Morgan fingerprint density at radius 1 is 1.40 bits per heavy atom. The predicted octanol–water partition coefficient (Wildman–Crippen LogP) is 2.16. The fourth-order valence-electron chi connectivity index (χ4n) is 2.94. The van der Waals surface area contributed by atoms with E-state index in [9.17, 15) is 0 Å². The van der Waals surface area contributed by atoms with Crippen molar-refractivity contribution in [1.82, 2.24) is 15.1 Å². The van der Waals surface area contributed by atoms with Crippen LogP contribution in [0.4, 0.5) is 0 Å². The van der Waals surface area contributed by atoms with Crippen LogP contribution in [0.3, 0.4) is 0 Å². The highest BCUT2D eigenvalue weighted by Gasteiger charge is 2.20. The molecule has 114 valence electrons. The van der Waals surface area contributed by atoms with Crippen molar-refractivity contribution in [1.29, 1.82) is 0 Å². The van der Waals surface area contributed by atoms with Gasteiger partial charge in [-0.1, -0.05) is 6.92 Å². The van der Waals surface area contributed by atoms with Gasteiger partial charge in [-0.05, 0) is 58.1 Å². The zero-order chi connectivity index (χ0) is 14.4. The molecular formula is C16H29N3O. The van der Waals surface area contributed by atoms with Crippen molar-refractivity contribution in [2.45, 2.75) is 32.9 Å². The Balaban J connectivity index is 1.72. The van der Waals surface area contributed by atoms with Crippen LogP contribution in [0.15, 0.2) is 16.5 Å². The van der Waals surface area contributed by atoms with Crippen LogP contribution in [0.5, 0.6) is 0 Å². The Hall–Kier alpha value is -0.840. The van der Waals surface area contributed by atoms with Gasteiger partial charge in [0.25, 0.3) is 0 Å². The van der Waals surface area contributed by atoms with Crippen molar-refractivity contribution < 1.29 is 4.42 Å². The second kappa shape index (κ2) is 7.81. The van der Waals surface area contributed by atoms with Crippen molar-refractivity contribution in [2.75, 3.05) is 40.3 Å². The summed E-state index contributed by atoms with van der Waals surface area (Å²) in [4.78, 5) is 4.80. The molecule has 0 aliphatic carbocycles. The zero-order valence-electron chi connectivity index (χ0n) is 13.2. The third-order valence-electron chi connectivity index (χ3n) is 3.93. The first kappa shape index (κ1) is 15.5. The number of hydrogen-bond donors (Lipinski definition) is 1. The van der Waals surface area contributed by atoms with Crippen LogP contribution in [-0.2, 0) is 13.1 Å². The molecule has 1 aromatic heterocycles. The first-order valence-corrected chi connectivity index (χ1v) is 7.82. The van der Waals surface area contributed by atoms with Crippen molar-refractivity contribution in [3.8, 4) is 0 Å². The van der Waals surface area contributed by atoms with Gasteiger partial charge < -0.3 is 14.6 Å². The molecular weight excluding hydrogens is 250 g/mol. The second-order valence-electron chi connectivity index (χ2n) is 6.16. The summed E-state index contributed by atoms with van der Waals surface area (Å²) in [6.45, 7) is 8.61. The van der Waals surface area contributed by atoms with E-state index in [4.69, 9.17) is 4.42 Å². The van der Waals surface area contributed by atoms with Crippen LogP contribution < -0.4 is 5.32 Å². The molecule has 1 N–H and O–H groups in total. The summed E-state index contributed by atoms with van der Waals surface area (Å²) in [6.07, 6.45) is 2.48. The Labute approximate surface area is 123 Å². The maximum absolute atomic E-state index is 5.87. The highest BCUT2D eigenvalue weighted by molar-refractivity contribution is 5.07. The lowest BCUT2D eigenvalue weighted by Crippen LogP contribution is -2.26. The van der Waals surface area contributed by atoms with E-state index in [2.05, 4.69) is 48.3 Å². The molecule has 1 saturated heterocycles. The van der Waals surface area contributed by atoms with E-state index < -0.39 is 0 Å². The maximum atomic E-state index is 5.87. The number of nitrogens with zero attached hydrogens (tertiary/aromatic N) is 2. The summed E-state index contributed by atoms with van der Waals surface area (Å²) >= 11 is 0. The summed E-state index contributed by atoms with van der Waals surface area (Å²) < 4.78 is 5.87. The van der Waals surface area contributed by atoms with E-state index >= 15 is 0 Å². The number of furan rings is 1. The smallest absolute Gasteiger partial charge is 0.118 e. The molecule has 2 rings (SSSR count). The quantitative estimate of drug-likeness (QED) is 0.739. The van der Waals surface area contributed by atoms with Crippen LogP contribution in [-0.4, -0.2) is 50.1 Å². The second-order valence-corrected chi connectivity index (χ2v) is 6.16. The monoisotopic (exact) mass is 279 g/mol. The third kappa shape index (κ3) is 4.93. The Kier molecular flexibility index (Phi) is 6.07. The number of likely N-dealkylation sites (tertiary alicyclic amines) is 1. The molecule has 4 heteroatoms. The highest BCUT2D eigenvalue weighted by atomic mass is 16.3. The molecule has 1 aromatic rings. The Morgan fingerprint density at radius 2 is 2.20 bits per heavy atom. The molecule has 1 aliphatic rings. The fourth-order valence-corrected chi connectivity index (χ4v) is 2.94. The van der Waals surface area contributed by atoms with E-state index in [0.717, 1.165) is 50.0 Å². The van der Waals surface area contributed by atoms with Crippen LogP contribution in [0.25, 0.3) is 0 Å². The van der Waals surface area contributed by atoms with Gasteiger partial charge >= 0.3 is 0 Å². The molecule has 0 bridgehead atoms. The average molecular weight is 279 g/mol. The minimum atomic E-state index is 0.811. The van der Waals surface area contributed by atoms with Gasteiger partial charge in [0.1, 0.15) is 11.5 Å². The number of hydrogen-bond acceptors (Lipinski definition) is 4. The molecule has 1 fully saturated rings. The summed E-state index contributed by atoms with van der Waals surface area (Å²) in [5, 5.41) is 3.37. The molecule has 0 spiro atoms. The molecule has 2 heterocycles. The summed E-state index contributed by atoms with van der Waals surface area (Å²) in [5.74, 6) is 2.93. The van der Waals surface area contributed by atoms with Gasteiger partial charge in [0.15, 0.2) is 0 Å². The SMILES string of the molecule is CCCNCc1ccc(CN(C)CC2CCN(C)C2)o1. The molecule has 1 unspecified atom stereocenters. The standard InChI is InChI=1S/C16H29N3O/c1-4-8-17-10-15-5-6-16(20-15)13-19(3)12-14-7-9-18(2)11-14/h5-6,14,17H,4,7-13H2,1-3H3. The molecule has 0 saturated carbocycles. The summed E-state index contributed by atoms with van der Waals surface area (Å²) in [6, 6.07) is 4.20. The third-order valence-corrected chi connectivity index (χ3v) is 3.93. The molecule has 0 radical (unpaired) electrons. The molecule has 1 aliphatic heterocycles. The van der Waals surface area contributed by atoms with Gasteiger partial charge in [-0.15, -0.1) is 0 Å². The Bertz CT molecular complexity index is 391. The molecule has 0 aromatic carbocycles. The van der Waals surface area contributed by atoms with Gasteiger partial charge in [0.05, 0.1) is 13.1 Å². The molecule has 0 amide bonds. The summed E-state index contributed by atoms with van der Waals surface area (Å²) in [7, 11) is 4.40. The first-order chi connectivity index (χ1) is 9.67. The van der Waals surface area contributed by atoms with Crippen LogP contribution in [0.2, 0.25) is 0 Å². The van der Waals surface area contributed by atoms with Crippen LogP contribution >= 0.6 is 0 Å². The average Bonchev–Trinajstić information content (AvgIpc) is 2.99. The van der Waals surface area contributed by atoms with E-state index in [0.29, 0.717) is 0 Å². The van der Waals surface area contributed by atoms with Crippen molar-refractivity contribution in [2.24, 2.45) is 5.92 Å². The maximum Gasteiger partial charge on any atom is 0.118 e. The number of nitrogens with one attached hydrogen (secondary N) is 1. The largest absolute Gasteiger partial charge is 0.463 e. The molecule has 20 heavy (non-hydrogen) atoms. The zero-order valence-corrected chi connectivity index (χ0v) is 13.2. The first-order valence-electron chi connectivity index (χ1n) is 7.82. The summed E-state index contributed by atoms with van der Waals surface area (Å²) in [5.41, 5.74) is 0. The highest BCUT2D eigenvalue weighted by Crippen LogP contribution is 2.17. The van der Waals surface area contributed by atoms with Crippen molar-refractivity contribution in [3.05, 3.63) is 23.7 Å². The predicted molar refractivity (Wildman–Crippen MR) is 82.6 cm³/mol. The van der Waals surface area contributed by atoms with E-state index in [1.807, 2.05) is 0 Å². The minimum absolute atomic E-state index is 0.811. The van der Waals surface area contributed by atoms with E-state index in [1.54, 1.807) is 0 Å². The number of rotatable bonds is 8. The van der Waals surface area contributed by atoms with Crippen molar-refractivity contribution >= 4 is 0 Å². The molecule has 1 atom stereocenters.